The number of furan rings is 1. The first-order chi connectivity index (χ1) is 12.3. The average Bonchev–Trinajstić information content (AvgIpc) is 2.85. The van der Waals surface area contributed by atoms with Gasteiger partial charge in [-0.25, -0.2) is 0 Å². The zero-order valence-corrected chi connectivity index (χ0v) is 17.8. The van der Waals surface area contributed by atoms with E-state index in [1.54, 1.807) is 0 Å². The van der Waals surface area contributed by atoms with Crippen molar-refractivity contribution in [2.45, 2.75) is 55.4 Å². The molecule has 0 amide bonds. The molecule has 1 aromatic carbocycles. The minimum Gasteiger partial charge on any atom is -0.440 e. The summed E-state index contributed by atoms with van der Waals surface area (Å²) in [5.74, 6) is 0.848. The number of fused-ring (bicyclic) bond motifs is 1. The van der Waals surface area contributed by atoms with Crippen LogP contribution in [0.4, 0.5) is 5.88 Å². The van der Waals surface area contributed by atoms with Gasteiger partial charge in [0, 0.05) is 5.92 Å². The molecule has 0 spiro atoms. The molecule has 1 atom stereocenters. The van der Waals surface area contributed by atoms with Gasteiger partial charge in [0.15, 0.2) is 11.7 Å². The highest BCUT2D eigenvalue weighted by molar-refractivity contribution is 6.12. The fraction of sp³-hybridized carbons (Fsp3) is 0.458. The highest BCUT2D eigenvalue weighted by Crippen LogP contribution is 2.50. The summed E-state index contributed by atoms with van der Waals surface area (Å²) in [5.41, 5.74) is 11.7. The zero-order valence-electron chi connectivity index (χ0n) is 17.8. The van der Waals surface area contributed by atoms with Crippen molar-refractivity contribution in [3.63, 3.8) is 0 Å². The lowest BCUT2D eigenvalue weighted by atomic mass is 9.68. The summed E-state index contributed by atoms with van der Waals surface area (Å²) in [6.07, 6.45) is 2.10. The Morgan fingerprint density at radius 3 is 2.11 bits per heavy atom. The minimum absolute atomic E-state index is 0.0965. The summed E-state index contributed by atoms with van der Waals surface area (Å²) < 4.78 is 6.02. The van der Waals surface area contributed by atoms with E-state index in [9.17, 15) is 4.79 Å². The predicted molar refractivity (Wildman–Crippen MR) is 113 cm³/mol. The number of carbonyl (C=O) groups is 1. The SMILES string of the molecule is Cc1ccc(-c2c(N)oc3c2C(=O)C(C(C)(C)C)C=C3C(C)(C)C)cc1C. The third-order valence-corrected chi connectivity index (χ3v) is 5.58. The second-order valence-corrected chi connectivity index (χ2v) is 9.88. The van der Waals surface area contributed by atoms with Gasteiger partial charge in [0.2, 0.25) is 0 Å². The van der Waals surface area contributed by atoms with E-state index in [0.29, 0.717) is 17.2 Å². The van der Waals surface area contributed by atoms with Crippen molar-refractivity contribution < 1.29 is 9.21 Å². The van der Waals surface area contributed by atoms with Crippen molar-refractivity contribution in [2.75, 3.05) is 5.73 Å². The maximum atomic E-state index is 13.5. The highest BCUT2D eigenvalue weighted by atomic mass is 16.4. The number of hydrogen-bond donors (Lipinski definition) is 1. The number of carbonyl (C=O) groups excluding carboxylic acids is 1. The molecule has 0 saturated heterocycles. The topological polar surface area (TPSA) is 56.2 Å². The van der Waals surface area contributed by atoms with Crippen LogP contribution in [-0.2, 0) is 0 Å². The van der Waals surface area contributed by atoms with Gasteiger partial charge in [-0.3, -0.25) is 4.79 Å². The van der Waals surface area contributed by atoms with Crippen molar-refractivity contribution in [1.82, 2.24) is 0 Å². The fourth-order valence-corrected chi connectivity index (χ4v) is 3.76. The van der Waals surface area contributed by atoms with Crippen molar-refractivity contribution in [3.05, 3.63) is 46.7 Å². The number of allylic oxidation sites excluding steroid dienone is 2. The van der Waals surface area contributed by atoms with Crippen LogP contribution in [0.25, 0.3) is 16.7 Å². The van der Waals surface area contributed by atoms with E-state index in [1.807, 2.05) is 6.07 Å². The highest BCUT2D eigenvalue weighted by Gasteiger charge is 2.42. The minimum atomic E-state index is -0.207. The molecule has 1 aliphatic rings. The lowest BCUT2D eigenvalue weighted by Crippen LogP contribution is -2.32. The molecule has 3 nitrogen and oxygen atoms in total. The first-order valence-electron chi connectivity index (χ1n) is 9.59. The molecule has 27 heavy (non-hydrogen) atoms. The Balaban J connectivity index is 2.32. The van der Waals surface area contributed by atoms with Crippen molar-refractivity contribution in [3.8, 4) is 11.1 Å². The number of nitrogens with two attached hydrogens (primary N) is 1. The molecular formula is C24H31NO2. The normalized spacial score (nSPS) is 17.7. The van der Waals surface area contributed by atoms with Gasteiger partial charge in [-0.2, -0.15) is 0 Å². The van der Waals surface area contributed by atoms with E-state index < -0.39 is 0 Å². The summed E-state index contributed by atoms with van der Waals surface area (Å²) in [7, 11) is 0. The Bertz CT molecular complexity index is 946. The number of hydrogen-bond acceptors (Lipinski definition) is 3. The van der Waals surface area contributed by atoms with Crippen molar-refractivity contribution in [1.29, 1.82) is 0 Å². The largest absolute Gasteiger partial charge is 0.440 e. The second-order valence-electron chi connectivity index (χ2n) is 9.88. The molecule has 3 heteroatoms. The lowest BCUT2D eigenvalue weighted by Gasteiger charge is -2.34. The van der Waals surface area contributed by atoms with Gasteiger partial charge in [-0.15, -0.1) is 0 Å². The maximum absolute atomic E-state index is 13.5. The van der Waals surface area contributed by atoms with Crippen molar-refractivity contribution in [2.24, 2.45) is 16.7 Å². The van der Waals surface area contributed by atoms with Crippen LogP contribution in [0.2, 0.25) is 0 Å². The first-order valence-corrected chi connectivity index (χ1v) is 9.59. The van der Waals surface area contributed by atoms with E-state index >= 15 is 0 Å². The molecule has 144 valence electrons. The fourth-order valence-electron chi connectivity index (χ4n) is 3.76. The summed E-state index contributed by atoms with van der Waals surface area (Å²) in [6, 6.07) is 6.18. The third kappa shape index (κ3) is 3.24. The molecule has 2 aromatic rings. The Morgan fingerprint density at radius 2 is 1.59 bits per heavy atom. The number of nitrogen functional groups attached to an aromatic ring is 1. The second kappa shape index (κ2) is 6.12. The van der Waals surface area contributed by atoms with Crippen LogP contribution < -0.4 is 5.73 Å². The molecule has 0 radical (unpaired) electrons. The predicted octanol–water partition coefficient (Wildman–Crippen LogP) is 6.43. The molecule has 1 aliphatic carbocycles. The number of rotatable bonds is 1. The number of ketones is 1. The van der Waals surface area contributed by atoms with E-state index in [4.69, 9.17) is 10.2 Å². The lowest BCUT2D eigenvalue weighted by molar-refractivity contribution is 0.0865. The van der Waals surface area contributed by atoms with Crippen LogP contribution in [0.1, 0.15) is 68.8 Å². The van der Waals surface area contributed by atoms with Gasteiger partial charge in [-0.1, -0.05) is 65.8 Å². The van der Waals surface area contributed by atoms with Crippen LogP contribution in [0, 0.1) is 30.6 Å². The third-order valence-electron chi connectivity index (χ3n) is 5.58. The molecule has 1 heterocycles. The Morgan fingerprint density at radius 1 is 0.963 bits per heavy atom. The first kappa shape index (κ1) is 19.5. The summed E-state index contributed by atoms with van der Waals surface area (Å²) in [6.45, 7) is 16.9. The number of aryl methyl sites for hydroxylation is 2. The average molecular weight is 366 g/mol. The number of anilines is 1. The molecule has 0 saturated carbocycles. The van der Waals surface area contributed by atoms with Gasteiger partial charge in [0.25, 0.3) is 0 Å². The van der Waals surface area contributed by atoms with Gasteiger partial charge in [0.05, 0.1) is 11.1 Å². The Hall–Kier alpha value is -2.29. The monoisotopic (exact) mass is 365 g/mol. The smallest absolute Gasteiger partial charge is 0.199 e. The molecule has 0 aliphatic heterocycles. The number of benzene rings is 1. The van der Waals surface area contributed by atoms with E-state index in [-0.39, 0.29) is 22.5 Å². The molecule has 0 fully saturated rings. The van der Waals surface area contributed by atoms with Gasteiger partial charge >= 0.3 is 0 Å². The maximum Gasteiger partial charge on any atom is 0.199 e. The van der Waals surface area contributed by atoms with Gasteiger partial charge in [0.1, 0.15) is 5.76 Å². The van der Waals surface area contributed by atoms with Crippen LogP contribution in [-0.4, -0.2) is 5.78 Å². The van der Waals surface area contributed by atoms with Gasteiger partial charge in [-0.05, 0) is 46.9 Å². The summed E-state index contributed by atoms with van der Waals surface area (Å²) in [4.78, 5) is 13.5. The van der Waals surface area contributed by atoms with E-state index in [2.05, 4.69) is 73.6 Å². The molecule has 2 N–H and O–H groups in total. The Labute approximate surface area is 162 Å². The van der Waals surface area contributed by atoms with Crippen LogP contribution in [0.5, 0.6) is 0 Å². The molecule has 1 aromatic heterocycles. The van der Waals surface area contributed by atoms with Crippen LogP contribution in [0.3, 0.4) is 0 Å². The molecule has 1 unspecified atom stereocenters. The van der Waals surface area contributed by atoms with Crippen LogP contribution in [0.15, 0.2) is 28.7 Å². The molecular weight excluding hydrogens is 334 g/mol. The van der Waals surface area contributed by atoms with Crippen molar-refractivity contribution >= 4 is 17.2 Å². The molecule has 3 rings (SSSR count). The van der Waals surface area contributed by atoms with Gasteiger partial charge < -0.3 is 10.2 Å². The summed E-state index contributed by atoms with van der Waals surface area (Å²) in [5, 5.41) is 0. The quantitative estimate of drug-likeness (QED) is 0.633. The standard InChI is InChI=1S/C24H31NO2/c1-13-9-10-15(11-14(13)2)18-19-20(26)16(23(3,4)5)12-17(24(6,7)8)21(19)27-22(18)25/h9-12,16H,25H2,1-8H3. The zero-order chi connectivity index (χ0) is 20.3. The number of Topliss-reactive ketones (excluding diaryl/α,β-unsaturated/α-hetero) is 1. The molecule has 0 bridgehead atoms. The van der Waals surface area contributed by atoms with E-state index in [1.165, 1.54) is 11.1 Å². The van der Waals surface area contributed by atoms with Crippen LogP contribution >= 0.6 is 0 Å². The Kier molecular flexibility index (Phi) is 4.41. The van der Waals surface area contributed by atoms with E-state index in [0.717, 1.165) is 16.7 Å². The summed E-state index contributed by atoms with van der Waals surface area (Å²) >= 11 is 0.